The molecule has 1 aliphatic rings. The van der Waals surface area contributed by atoms with Crippen molar-refractivity contribution in [2.24, 2.45) is 11.7 Å². The second kappa shape index (κ2) is 6.80. The molecule has 1 heterocycles. The molecule has 0 spiro atoms. The van der Waals surface area contributed by atoms with E-state index in [1.807, 2.05) is 0 Å². The maximum Gasteiger partial charge on any atom is 0.0361 e. The fourth-order valence-electron chi connectivity index (χ4n) is 3.21. The summed E-state index contributed by atoms with van der Waals surface area (Å²) >= 11 is 0. The first-order chi connectivity index (χ1) is 9.94. The summed E-state index contributed by atoms with van der Waals surface area (Å²) < 4.78 is 0. The number of hydrogen-bond acceptors (Lipinski definition) is 3. The van der Waals surface area contributed by atoms with E-state index in [1.165, 1.54) is 37.2 Å². The lowest BCUT2D eigenvalue weighted by Crippen LogP contribution is -2.55. The summed E-state index contributed by atoms with van der Waals surface area (Å²) in [5, 5.41) is 0. The quantitative estimate of drug-likeness (QED) is 0.904. The fourth-order valence-corrected chi connectivity index (χ4v) is 3.21. The van der Waals surface area contributed by atoms with Crippen LogP contribution in [0.1, 0.15) is 32.3 Å². The molecule has 1 fully saturated rings. The molecule has 118 valence electrons. The number of rotatable bonds is 5. The minimum absolute atomic E-state index is 0.0831. The fraction of sp³-hybridized carbons (Fsp3) is 0.667. The van der Waals surface area contributed by atoms with Gasteiger partial charge in [0, 0.05) is 31.9 Å². The van der Waals surface area contributed by atoms with Crippen molar-refractivity contribution >= 4 is 5.69 Å². The molecule has 1 unspecified atom stereocenters. The molecule has 1 saturated heterocycles. The van der Waals surface area contributed by atoms with Gasteiger partial charge in [-0.15, -0.1) is 0 Å². The van der Waals surface area contributed by atoms with Crippen LogP contribution in [0, 0.1) is 5.92 Å². The molecule has 1 aromatic rings. The van der Waals surface area contributed by atoms with Crippen LogP contribution in [0.15, 0.2) is 24.3 Å². The number of nitrogens with zero attached hydrogens (tertiary/aromatic N) is 2. The molecule has 3 nitrogen and oxygen atoms in total. The van der Waals surface area contributed by atoms with E-state index in [9.17, 15) is 0 Å². The molecule has 2 N–H and O–H groups in total. The normalized spacial score (nSPS) is 20.2. The summed E-state index contributed by atoms with van der Waals surface area (Å²) in [7, 11) is 4.15. The predicted molar refractivity (Wildman–Crippen MR) is 91.9 cm³/mol. The number of piperidine rings is 1. The van der Waals surface area contributed by atoms with Crippen LogP contribution in [0.3, 0.4) is 0 Å². The number of benzene rings is 1. The minimum Gasteiger partial charge on any atom is -0.378 e. The van der Waals surface area contributed by atoms with E-state index in [2.05, 4.69) is 62.0 Å². The van der Waals surface area contributed by atoms with Crippen LogP contribution < -0.4 is 10.6 Å². The standard InChI is InChI=1S/C18H31N3/c1-15-9-11-21(12-10-15)18(2,14-19)13-16-5-7-17(8-6-16)20(3)4/h5-8,15H,9-14,19H2,1-4H3. The molecule has 0 radical (unpaired) electrons. The van der Waals surface area contributed by atoms with Crippen LogP contribution in [-0.2, 0) is 6.42 Å². The highest BCUT2D eigenvalue weighted by Crippen LogP contribution is 2.27. The highest BCUT2D eigenvalue weighted by molar-refractivity contribution is 5.46. The van der Waals surface area contributed by atoms with Gasteiger partial charge in [0.2, 0.25) is 0 Å². The van der Waals surface area contributed by atoms with Gasteiger partial charge < -0.3 is 10.6 Å². The molecule has 0 aromatic heterocycles. The third-order valence-corrected chi connectivity index (χ3v) is 5.02. The summed E-state index contributed by atoms with van der Waals surface area (Å²) in [6.07, 6.45) is 3.63. The van der Waals surface area contributed by atoms with Crippen molar-refractivity contribution in [1.82, 2.24) is 4.90 Å². The monoisotopic (exact) mass is 289 g/mol. The van der Waals surface area contributed by atoms with Gasteiger partial charge in [0.15, 0.2) is 0 Å². The summed E-state index contributed by atoms with van der Waals surface area (Å²) in [4.78, 5) is 4.74. The lowest BCUT2D eigenvalue weighted by molar-refractivity contribution is 0.0709. The van der Waals surface area contributed by atoms with Crippen LogP contribution in [0.5, 0.6) is 0 Å². The Bertz CT molecular complexity index is 432. The zero-order valence-corrected chi connectivity index (χ0v) is 14.1. The SMILES string of the molecule is CC1CCN(C(C)(CN)Cc2ccc(N(C)C)cc2)CC1. The number of likely N-dealkylation sites (tertiary alicyclic amines) is 1. The Labute approximate surface area is 130 Å². The Kier molecular flexibility index (Phi) is 5.28. The van der Waals surface area contributed by atoms with Crippen molar-refractivity contribution in [1.29, 1.82) is 0 Å². The largest absolute Gasteiger partial charge is 0.378 e. The third-order valence-electron chi connectivity index (χ3n) is 5.02. The van der Waals surface area contributed by atoms with E-state index < -0.39 is 0 Å². The Morgan fingerprint density at radius 3 is 2.24 bits per heavy atom. The first-order valence-corrected chi connectivity index (χ1v) is 8.16. The van der Waals surface area contributed by atoms with E-state index >= 15 is 0 Å². The van der Waals surface area contributed by atoms with Gasteiger partial charge in [-0.2, -0.15) is 0 Å². The number of nitrogens with two attached hydrogens (primary N) is 1. The molecule has 0 amide bonds. The van der Waals surface area contributed by atoms with Gasteiger partial charge in [-0.1, -0.05) is 19.1 Å². The highest BCUT2D eigenvalue weighted by atomic mass is 15.2. The molecular weight excluding hydrogens is 258 g/mol. The van der Waals surface area contributed by atoms with E-state index in [4.69, 9.17) is 5.73 Å². The molecule has 0 aliphatic carbocycles. The summed E-state index contributed by atoms with van der Waals surface area (Å²) in [6, 6.07) is 8.89. The van der Waals surface area contributed by atoms with Gasteiger partial charge >= 0.3 is 0 Å². The molecule has 2 rings (SSSR count). The maximum atomic E-state index is 6.15. The average molecular weight is 289 g/mol. The summed E-state index contributed by atoms with van der Waals surface area (Å²) in [5.41, 5.74) is 8.86. The topological polar surface area (TPSA) is 32.5 Å². The Hall–Kier alpha value is -1.06. The van der Waals surface area contributed by atoms with Crippen molar-refractivity contribution in [2.75, 3.05) is 38.6 Å². The molecule has 0 bridgehead atoms. The number of hydrogen-bond donors (Lipinski definition) is 1. The van der Waals surface area contributed by atoms with Gasteiger partial charge in [0.1, 0.15) is 0 Å². The zero-order chi connectivity index (χ0) is 15.5. The molecular formula is C18H31N3. The van der Waals surface area contributed by atoms with Gasteiger partial charge in [0.05, 0.1) is 0 Å². The summed E-state index contributed by atoms with van der Waals surface area (Å²) in [5.74, 6) is 0.864. The van der Waals surface area contributed by atoms with Gasteiger partial charge in [-0.25, -0.2) is 0 Å². The molecule has 1 aromatic carbocycles. The first-order valence-electron chi connectivity index (χ1n) is 8.16. The predicted octanol–water partition coefficient (Wildman–Crippen LogP) is 2.74. The highest BCUT2D eigenvalue weighted by Gasteiger charge is 2.32. The van der Waals surface area contributed by atoms with E-state index in [-0.39, 0.29) is 5.54 Å². The van der Waals surface area contributed by atoms with E-state index in [0.717, 1.165) is 18.9 Å². The van der Waals surface area contributed by atoms with Crippen molar-refractivity contribution < 1.29 is 0 Å². The van der Waals surface area contributed by atoms with Crippen molar-refractivity contribution in [3.05, 3.63) is 29.8 Å². The lowest BCUT2D eigenvalue weighted by atomic mass is 9.87. The molecule has 1 atom stereocenters. The van der Waals surface area contributed by atoms with Gasteiger partial charge in [0.25, 0.3) is 0 Å². The summed E-state index contributed by atoms with van der Waals surface area (Å²) in [6.45, 7) is 7.77. The van der Waals surface area contributed by atoms with Crippen molar-refractivity contribution in [2.45, 2.75) is 38.6 Å². The zero-order valence-electron chi connectivity index (χ0n) is 14.1. The Balaban J connectivity index is 2.06. The van der Waals surface area contributed by atoms with Crippen molar-refractivity contribution in [3.63, 3.8) is 0 Å². The van der Waals surface area contributed by atoms with E-state index in [1.54, 1.807) is 0 Å². The van der Waals surface area contributed by atoms with Crippen LogP contribution in [-0.4, -0.2) is 44.2 Å². The molecule has 1 aliphatic heterocycles. The average Bonchev–Trinajstić information content (AvgIpc) is 2.48. The Morgan fingerprint density at radius 2 is 1.76 bits per heavy atom. The molecule has 21 heavy (non-hydrogen) atoms. The van der Waals surface area contributed by atoms with Crippen molar-refractivity contribution in [3.8, 4) is 0 Å². The smallest absolute Gasteiger partial charge is 0.0361 e. The van der Waals surface area contributed by atoms with Crippen LogP contribution in [0.25, 0.3) is 0 Å². The second-order valence-corrected chi connectivity index (χ2v) is 7.11. The minimum atomic E-state index is 0.0831. The van der Waals surface area contributed by atoms with Crippen LogP contribution in [0.4, 0.5) is 5.69 Å². The van der Waals surface area contributed by atoms with Crippen LogP contribution >= 0.6 is 0 Å². The van der Waals surface area contributed by atoms with E-state index in [0.29, 0.717) is 0 Å². The molecule has 0 saturated carbocycles. The third kappa shape index (κ3) is 3.98. The Morgan fingerprint density at radius 1 is 1.19 bits per heavy atom. The number of anilines is 1. The van der Waals surface area contributed by atoms with Gasteiger partial charge in [-0.3, -0.25) is 4.90 Å². The molecule has 3 heteroatoms. The first kappa shape index (κ1) is 16.3. The lowest BCUT2D eigenvalue weighted by Gasteiger charge is -2.44. The second-order valence-electron chi connectivity index (χ2n) is 7.11. The van der Waals surface area contributed by atoms with Crippen LogP contribution in [0.2, 0.25) is 0 Å². The van der Waals surface area contributed by atoms with Gasteiger partial charge in [-0.05, 0) is 62.9 Å². The maximum absolute atomic E-state index is 6.15.